The first-order chi connectivity index (χ1) is 17.0. The van der Waals surface area contributed by atoms with Crippen LogP contribution in [0.2, 0.25) is 0 Å². The van der Waals surface area contributed by atoms with Crippen molar-refractivity contribution in [2.75, 3.05) is 30.8 Å². The molecule has 0 aliphatic heterocycles. The highest BCUT2D eigenvalue weighted by Crippen LogP contribution is 2.29. The monoisotopic (exact) mass is 475 g/mol. The van der Waals surface area contributed by atoms with E-state index in [4.69, 9.17) is 15.1 Å². The van der Waals surface area contributed by atoms with Gasteiger partial charge in [-0.3, -0.25) is 4.79 Å². The number of nitrogens with two attached hydrogens (primary N) is 1. The minimum atomic E-state index is -0.569. The van der Waals surface area contributed by atoms with Gasteiger partial charge in [0.15, 0.2) is 5.69 Å². The number of hydrazone groups is 1. The molecular formula is C23H25N9O3. The predicted molar refractivity (Wildman–Crippen MR) is 131 cm³/mol. The highest BCUT2D eigenvalue weighted by molar-refractivity contribution is 5.99. The number of hydrogen-bond donors (Lipinski definition) is 2. The molecule has 3 N–H and O–H groups in total. The van der Waals surface area contributed by atoms with Crippen LogP contribution < -0.4 is 20.8 Å². The van der Waals surface area contributed by atoms with Crippen molar-refractivity contribution in [2.24, 2.45) is 5.10 Å². The molecule has 2 aromatic carbocycles. The summed E-state index contributed by atoms with van der Waals surface area (Å²) in [5, 5.41) is 19.5. The minimum absolute atomic E-state index is 0.00261. The third-order valence-corrected chi connectivity index (χ3v) is 5.33. The van der Waals surface area contributed by atoms with Gasteiger partial charge in [-0.05, 0) is 54.0 Å². The Morgan fingerprint density at radius 3 is 2.63 bits per heavy atom. The lowest BCUT2D eigenvalue weighted by atomic mass is 10.1. The van der Waals surface area contributed by atoms with E-state index in [2.05, 4.69) is 49.9 Å². The van der Waals surface area contributed by atoms with E-state index in [0.29, 0.717) is 17.0 Å². The van der Waals surface area contributed by atoms with Gasteiger partial charge >= 0.3 is 0 Å². The first-order valence-electron chi connectivity index (χ1n) is 10.9. The van der Waals surface area contributed by atoms with Crippen molar-refractivity contribution in [2.45, 2.75) is 13.8 Å². The van der Waals surface area contributed by atoms with Gasteiger partial charge in [-0.1, -0.05) is 29.5 Å². The Hall–Kier alpha value is -4.74. The van der Waals surface area contributed by atoms with Crippen LogP contribution in [0.3, 0.4) is 0 Å². The molecule has 0 unspecified atom stereocenters. The summed E-state index contributed by atoms with van der Waals surface area (Å²) in [4.78, 5) is 15.2. The number of amides is 1. The first-order valence-corrected chi connectivity index (χ1v) is 10.9. The zero-order chi connectivity index (χ0) is 24.8. The maximum absolute atomic E-state index is 13.0. The van der Waals surface area contributed by atoms with E-state index in [1.807, 2.05) is 24.3 Å². The maximum atomic E-state index is 13.0. The summed E-state index contributed by atoms with van der Waals surface area (Å²) in [6, 6.07) is 15.0. The van der Waals surface area contributed by atoms with Crippen molar-refractivity contribution >= 4 is 23.6 Å². The largest absolute Gasteiger partial charge is 0.497 e. The fourth-order valence-corrected chi connectivity index (χ4v) is 3.53. The number of ether oxygens (including phenoxy) is 1. The third-order valence-electron chi connectivity index (χ3n) is 5.33. The minimum Gasteiger partial charge on any atom is -0.497 e. The molecule has 12 heteroatoms. The van der Waals surface area contributed by atoms with Crippen molar-refractivity contribution in [3.05, 3.63) is 59.8 Å². The summed E-state index contributed by atoms with van der Waals surface area (Å²) in [6.07, 6.45) is 1.55. The van der Waals surface area contributed by atoms with Crippen molar-refractivity contribution < 1.29 is 14.2 Å². The predicted octanol–water partition coefficient (Wildman–Crippen LogP) is 2.52. The number of methoxy groups -OCH3 is 1. The molecule has 0 aliphatic carbocycles. The van der Waals surface area contributed by atoms with E-state index in [-0.39, 0.29) is 17.3 Å². The zero-order valence-corrected chi connectivity index (χ0v) is 19.5. The summed E-state index contributed by atoms with van der Waals surface area (Å²) in [5.74, 6) is 0.113. The van der Waals surface area contributed by atoms with Crippen molar-refractivity contribution in [3.8, 4) is 22.8 Å². The fourth-order valence-electron chi connectivity index (χ4n) is 3.53. The second kappa shape index (κ2) is 10.5. The number of anilines is 2. The van der Waals surface area contributed by atoms with Gasteiger partial charge in [-0.15, -0.1) is 5.10 Å². The van der Waals surface area contributed by atoms with Gasteiger partial charge in [0.05, 0.1) is 13.3 Å². The molecule has 0 atom stereocenters. The molecule has 35 heavy (non-hydrogen) atoms. The summed E-state index contributed by atoms with van der Waals surface area (Å²) in [5.41, 5.74) is 11.2. The summed E-state index contributed by atoms with van der Waals surface area (Å²) >= 11 is 0. The number of nitrogens with zero attached hydrogens (tertiary/aromatic N) is 7. The van der Waals surface area contributed by atoms with E-state index < -0.39 is 5.91 Å². The Kier molecular flexibility index (Phi) is 7.00. The first kappa shape index (κ1) is 23.4. The number of carbonyl (C=O) groups excluding carboxylic acids is 1. The van der Waals surface area contributed by atoms with Crippen molar-refractivity contribution in [1.82, 2.24) is 30.7 Å². The van der Waals surface area contributed by atoms with E-state index in [1.165, 1.54) is 4.68 Å². The molecule has 0 spiro atoms. The SMILES string of the molecule is CCN(CC)c1ccc(/C=N\NC(=O)c2nnn(-c3nonc3N)c2-c2cccc(OC)c2)cc1. The molecule has 2 heterocycles. The molecule has 180 valence electrons. The van der Waals surface area contributed by atoms with E-state index in [1.54, 1.807) is 37.6 Å². The Morgan fingerprint density at radius 2 is 1.97 bits per heavy atom. The molecule has 4 rings (SSSR count). The van der Waals surface area contributed by atoms with Gasteiger partial charge < -0.3 is 15.4 Å². The van der Waals surface area contributed by atoms with Crippen LogP contribution in [0.25, 0.3) is 17.1 Å². The number of aromatic nitrogens is 5. The number of rotatable bonds is 9. The maximum Gasteiger partial charge on any atom is 0.294 e. The third kappa shape index (κ3) is 4.95. The highest BCUT2D eigenvalue weighted by Gasteiger charge is 2.25. The molecule has 0 fully saturated rings. The Bertz CT molecular complexity index is 1320. The summed E-state index contributed by atoms with van der Waals surface area (Å²) in [7, 11) is 1.55. The lowest BCUT2D eigenvalue weighted by Crippen LogP contribution is -2.21. The fraction of sp³-hybridized carbons (Fsp3) is 0.217. The Labute approximate surface area is 201 Å². The average Bonchev–Trinajstić information content (AvgIpc) is 3.51. The lowest BCUT2D eigenvalue weighted by Gasteiger charge is -2.20. The Morgan fingerprint density at radius 1 is 1.20 bits per heavy atom. The quantitative estimate of drug-likeness (QED) is 0.275. The molecule has 12 nitrogen and oxygen atoms in total. The highest BCUT2D eigenvalue weighted by atomic mass is 16.6. The van der Waals surface area contributed by atoms with Crippen LogP contribution in [0.15, 0.2) is 58.3 Å². The van der Waals surface area contributed by atoms with Gasteiger partial charge in [0, 0.05) is 24.3 Å². The number of nitrogen functional groups attached to an aromatic ring is 1. The zero-order valence-electron chi connectivity index (χ0n) is 19.5. The van der Waals surface area contributed by atoms with Gasteiger partial charge in [0.1, 0.15) is 11.4 Å². The van der Waals surface area contributed by atoms with E-state index >= 15 is 0 Å². The molecular weight excluding hydrogens is 450 g/mol. The van der Waals surface area contributed by atoms with Gasteiger partial charge in [-0.2, -0.15) is 9.78 Å². The molecule has 0 saturated carbocycles. The van der Waals surface area contributed by atoms with Crippen molar-refractivity contribution in [3.63, 3.8) is 0 Å². The topological polar surface area (TPSA) is 150 Å². The van der Waals surface area contributed by atoms with Crippen LogP contribution in [-0.2, 0) is 0 Å². The normalized spacial score (nSPS) is 11.1. The second-order valence-corrected chi connectivity index (χ2v) is 7.37. The van der Waals surface area contributed by atoms with Crippen LogP contribution in [0.5, 0.6) is 5.75 Å². The average molecular weight is 476 g/mol. The molecule has 0 radical (unpaired) electrons. The number of carbonyl (C=O) groups is 1. The summed E-state index contributed by atoms with van der Waals surface area (Å²) < 4.78 is 11.3. The van der Waals surface area contributed by atoms with Gasteiger partial charge in [0.2, 0.25) is 11.6 Å². The van der Waals surface area contributed by atoms with Crippen LogP contribution in [0.1, 0.15) is 29.9 Å². The number of hydrogen-bond acceptors (Lipinski definition) is 10. The molecule has 2 aromatic heterocycles. The van der Waals surface area contributed by atoms with Crippen LogP contribution in [-0.4, -0.2) is 57.6 Å². The van der Waals surface area contributed by atoms with Gasteiger partial charge in [-0.25, -0.2) is 10.1 Å². The lowest BCUT2D eigenvalue weighted by molar-refractivity contribution is 0.0950. The molecule has 4 aromatic rings. The smallest absolute Gasteiger partial charge is 0.294 e. The number of benzene rings is 2. The van der Waals surface area contributed by atoms with Crippen molar-refractivity contribution in [1.29, 1.82) is 0 Å². The van der Waals surface area contributed by atoms with E-state index in [0.717, 1.165) is 24.3 Å². The van der Waals surface area contributed by atoms with Crippen LogP contribution in [0.4, 0.5) is 11.5 Å². The molecule has 0 bridgehead atoms. The van der Waals surface area contributed by atoms with Crippen LogP contribution >= 0.6 is 0 Å². The molecule has 1 amide bonds. The summed E-state index contributed by atoms with van der Waals surface area (Å²) in [6.45, 7) is 6.06. The molecule has 0 aliphatic rings. The standard InChI is InChI=1S/C23H25N9O3/c1-4-31(5-2)17-11-9-15(10-12-17)14-25-27-23(33)19-20(16-7-6-8-18(13-16)34-3)32(30-26-19)22-21(24)28-35-29-22/h6-14H,4-5H2,1-3H3,(H2,24,28)(H,27,33)/b25-14-. The van der Waals surface area contributed by atoms with Gasteiger partial charge in [0.25, 0.3) is 5.91 Å². The van der Waals surface area contributed by atoms with E-state index in [9.17, 15) is 4.79 Å². The second-order valence-electron chi connectivity index (χ2n) is 7.37. The number of nitrogens with one attached hydrogen (secondary N) is 1. The Balaban J connectivity index is 1.60. The molecule has 0 saturated heterocycles. The van der Waals surface area contributed by atoms with Crippen LogP contribution in [0, 0.1) is 0 Å².